The SMILES string of the molecule is C[C@H]1[C@@H]([N+](=O)[O-])[C@@H](c2ccccc2)[C@@H]2CCCC[C@@]2(O)[C@@H]1C=O. The number of carbonyl (C=O) groups excluding carboxylic acids is 1. The molecular formula is C18H23NO4. The van der Waals surface area contributed by atoms with Crippen LogP contribution in [0.15, 0.2) is 30.3 Å². The van der Waals surface area contributed by atoms with Crippen molar-refractivity contribution in [2.45, 2.75) is 50.2 Å². The molecule has 124 valence electrons. The van der Waals surface area contributed by atoms with Gasteiger partial charge < -0.3 is 9.90 Å². The van der Waals surface area contributed by atoms with Crippen molar-refractivity contribution in [3.63, 3.8) is 0 Å². The van der Waals surface area contributed by atoms with E-state index in [0.29, 0.717) is 6.42 Å². The molecule has 1 N–H and O–H groups in total. The van der Waals surface area contributed by atoms with Crippen molar-refractivity contribution >= 4 is 6.29 Å². The summed E-state index contributed by atoms with van der Waals surface area (Å²) in [5.41, 5.74) is -0.220. The monoisotopic (exact) mass is 317 g/mol. The Labute approximate surface area is 135 Å². The lowest BCUT2D eigenvalue weighted by molar-refractivity contribution is -0.546. The van der Waals surface area contributed by atoms with Crippen LogP contribution >= 0.6 is 0 Å². The van der Waals surface area contributed by atoms with Crippen molar-refractivity contribution in [1.29, 1.82) is 0 Å². The molecule has 0 amide bonds. The van der Waals surface area contributed by atoms with Gasteiger partial charge in [0, 0.05) is 16.8 Å². The molecule has 5 heteroatoms. The van der Waals surface area contributed by atoms with Crippen molar-refractivity contribution in [3.05, 3.63) is 46.0 Å². The van der Waals surface area contributed by atoms with Gasteiger partial charge in [-0.1, -0.05) is 50.1 Å². The van der Waals surface area contributed by atoms with Crippen molar-refractivity contribution < 1.29 is 14.8 Å². The summed E-state index contributed by atoms with van der Waals surface area (Å²) in [4.78, 5) is 23.2. The van der Waals surface area contributed by atoms with E-state index in [1.165, 1.54) is 0 Å². The van der Waals surface area contributed by atoms with Gasteiger partial charge >= 0.3 is 0 Å². The van der Waals surface area contributed by atoms with Crippen molar-refractivity contribution in [3.8, 4) is 0 Å². The van der Waals surface area contributed by atoms with Crippen LogP contribution in [0.2, 0.25) is 0 Å². The van der Waals surface area contributed by atoms with E-state index in [-0.39, 0.29) is 16.8 Å². The Bertz CT molecular complexity index is 590. The molecule has 3 rings (SSSR count). The third-order valence-corrected chi connectivity index (χ3v) is 6.04. The van der Waals surface area contributed by atoms with Gasteiger partial charge in [0.15, 0.2) is 0 Å². The predicted molar refractivity (Wildman–Crippen MR) is 85.6 cm³/mol. The average molecular weight is 317 g/mol. The molecule has 0 spiro atoms. The minimum atomic E-state index is -1.12. The number of carbonyl (C=O) groups is 1. The molecule has 0 aliphatic heterocycles. The quantitative estimate of drug-likeness (QED) is 0.528. The molecule has 0 bridgehead atoms. The van der Waals surface area contributed by atoms with Crippen molar-refractivity contribution in [1.82, 2.24) is 0 Å². The van der Waals surface area contributed by atoms with E-state index in [4.69, 9.17) is 0 Å². The van der Waals surface area contributed by atoms with Gasteiger partial charge in [0.1, 0.15) is 6.29 Å². The number of aldehydes is 1. The molecule has 2 fully saturated rings. The molecule has 0 radical (unpaired) electrons. The Morgan fingerprint density at radius 1 is 1.30 bits per heavy atom. The fourth-order valence-electron chi connectivity index (χ4n) is 5.01. The number of rotatable bonds is 3. The first-order chi connectivity index (χ1) is 11.0. The molecule has 2 aliphatic rings. The van der Waals surface area contributed by atoms with Crippen LogP contribution in [0.5, 0.6) is 0 Å². The second-order valence-corrected chi connectivity index (χ2v) is 7.08. The minimum absolute atomic E-state index is 0.236. The van der Waals surface area contributed by atoms with Crippen LogP contribution in [-0.2, 0) is 4.79 Å². The lowest BCUT2D eigenvalue weighted by Crippen LogP contribution is -2.62. The number of hydrogen-bond acceptors (Lipinski definition) is 4. The smallest absolute Gasteiger partial charge is 0.223 e. The summed E-state index contributed by atoms with van der Waals surface area (Å²) in [6, 6.07) is 8.62. The molecule has 0 unspecified atom stereocenters. The lowest BCUT2D eigenvalue weighted by atomic mass is 9.52. The summed E-state index contributed by atoms with van der Waals surface area (Å²) >= 11 is 0. The summed E-state index contributed by atoms with van der Waals surface area (Å²) in [6.07, 6.45) is 3.85. The van der Waals surface area contributed by atoms with Gasteiger partial charge in [-0.3, -0.25) is 10.1 Å². The summed E-state index contributed by atoms with van der Waals surface area (Å²) < 4.78 is 0. The molecule has 2 aliphatic carbocycles. The first-order valence-corrected chi connectivity index (χ1v) is 8.37. The number of aliphatic hydroxyl groups is 1. The topological polar surface area (TPSA) is 80.4 Å². The number of nitro groups is 1. The Kier molecular flexibility index (Phi) is 4.23. The first kappa shape index (κ1) is 16.1. The Morgan fingerprint density at radius 3 is 2.61 bits per heavy atom. The van der Waals surface area contributed by atoms with E-state index in [9.17, 15) is 20.0 Å². The third-order valence-electron chi connectivity index (χ3n) is 6.04. The second kappa shape index (κ2) is 6.04. The van der Waals surface area contributed by atoms with E-state index in [2.05, 4.69) is 0 Å². The highest BCUT2D eigenvalue weighted by Gasteiger charge is 2.61. The lowest BCUT2D eigenvalue weighted by Gasteiger charge is -2.53. The maximum atomic E-state index is 11.8. The standard InChI is InChI=1S/C18H23NO4/c1-12-15(11-20)18(21)10-6-5-9-14(18)16(17(12)19(22)23)13-7-3-2-4-8-13/h2-4,7-8,11-12,14-17,21H,5-6,9-10H2,1H3/t12-,14+,15-,16+,17-,18+/m1/s1. The van der Waals surface area contributed by atoms with Crippen LogP contribution in [0.1, 0.15) is 44.1 Å². The molecule has 1 aromatic carbocycles. The fourth-order valence-corrected chi connectivity index (χ4v) is 5.01. The van der Waals surface area contributed by atoms with Gasteiger partial charge in [0.25, 0.3) is 0 Å². The number of nitrogens with zero attached hydrogens (tertiary/aromatic N) is 1. The van der Waals surface area contributed by atoms with Crippen LogP contribution in [0.4, 0.5) is 0 Å². The summed E-state index contributed by atoms with van der Waals surface area (Å²) in [5, 5.41) is 23.1. The Morgan fingerprint density at radius 2 is 2.00 bits per heavy atom. The molecule has 2 saturated carbocycles. The van der Waals surface area contributed by atoms with Crippen LogP contribution in [0, 0.1) is 27.9 Å². The highest BCUT2D eigenvalue weighted by atomic mass is 16.6. The van der Waals surface area contributed by atoms with Gasteiger partial charge in [-0.2, -0.15) is 0 Å². The minimum Gasteiger partial charge on any atom is -0.389 e. The van der Waals surface area contributed by atoms with Gasteiger partial charge in [0.05, 0.1) is 17.4 Å². The molecule has 5 nitrogen and oxygen atoms in total. The Balaban J connectivity index is 2.13. The fraction of sp³-hybridized carbons (Fsp3) is 0.611. The highest BCUT2D eigenvalue weighted by Crippen LogP contribution is 2.55. The van der Waals surface area contributed by atoms with Crippen LogP contribution in [-0.4, -0.2) is 28.0 Å². The molecule has 0 heterocycles. The van der Waals surface area contributed by atoms with Gasteiger partial charge in [-0.15, -0.1) is 0 Å². The first-order valence-electron chi connectivity index (χ1n) is 8.37. The molecule has 23 heavy (non-hydrogen) atoms. The zero-order chi connectivity index (χ0) is 16.6. The van der Waals surface area contributed by atoms with E-state index >= 15 is 0 Å². The zero-order valence-electron chi connectivity index (χ0n) is 13.3. The summed E-state index contributed by atoms with van der Waals surface area (Å²) in [7, 11) is 0. The molecular weight excluding hydrogens is 294 g/mol. The van der Waals surface area contributed by atoms with E-state index in [1.54, 1.807) is 6.92 Å². The average Bonchev–Trinajstić information content (AvgIpc) is 2.54. The number of hydrogen-bond donors (Lipinski definition) is 1. The summed E-state index contributed by atoms with van der Waals surface area (Å²) in [5.74, 6) is -1.72. The number of benzene rings is 1. The Hall–Kier alpha value is -1.75. The normalized spacial score (nSPS) is 40.2. The van der Waals surface area contributed by atoms with Crippen molar-refractivity contribution in [2.75, 3.05) is 0 Å². The number of fused-ring (bicyclic) bond motifs is 1. The van der Waals surface area contributed by atoms with E-state index in [0.717, 1.165) is 31.1 Å². The molecule has 1 aromatic rings. The van der Waals surface area contributed by atoms with Crippen LogP contribution in [0.3, 0.4) is 0 Å². The zero-order valence-corrected chi connectivity index (χ0v) is 13.3. The van der Waals surface area contributed by atoms with E-state index in [1.807, 2.05) is 30.3 Å². The van der Waals surface area contributed by atoms with Crippen LogP contribution < -0.4 is 0 Å². The summed E-state index contributed by atoms with van der Waals surface area (Å²) in [6.45, 7) is 1.74. The largest absolute Gasteiger partial charge is 0.389 e. The van der Waals surface area contributed by atoms with Gasteiger partial charge in [-0.25, -0.2) is 0 Å². The van der Waals surface area contributed by atoms with Gasteiger partial charge in [0.2, 0.25) is 6.04 Å². The van der Waals surface area contributed by atoms with Crippen molar-refractivity contribution in [2.24, 2.45) is 17.8 Å². The molecule has 0 aromatic heterocycles. The van der Waals surface area contributed by atoms with E-state index < -0.39 is 23.5 Å². The maximum absolute atomic E-state index is 11.8. The third kappa shape index (κ3) is 2.47. The van der Waals surface area contributed by atoms with Crippen LogP contribution in [0.25, 0.3) is 0 Å². The highest BCUT2D eigenvalue weighted by molar-refractivity contribution is 5.58. The maximum Gasteiger partial charge on any atom is 0.223 e. The molecule has 0 saturated heterocycles. The molecule has 6 atom stereocenters. The van der Waals surface area contributed by atoms with Gasteiger partial charge in [-0.05, 0) is 18.4 Å². The second-order valence-electron chi connectivity index (χ2n) is 7.08. The predicted octanol–water partition coefficient (Wildman–Crippen LogP) is 2.80.